The zero-order valence-corrected chi connectivity index (χ0v) is 14.7. The van der Waals surface area contributed by atoms with E-state index in [2.05, 4.69) is 10.6 Å². The van der Waals surface area contributed by atoms with Crippen molar-refractivity contribution < 1.29 is 18.7 Å². The van der Waals surface area contributed by atoms with Crippen molar-refractivity contribution in [3.05, 3.63) is 53.3 Å². The molecule has 1 atom stereocenters. The molecular formula is C18H17ClFN3O3. The maximum atomic E-state index is 13.1. The first-order valence-electron chi connectivity index (χ1n) is 7.93. The molecule has 0 unspecified atom stereocenters. The molecule has 2 aromatic rings. The number of nitrogens with one attached hydrogen (secondary N) is 2. The van der Waals surface area contributed by atoms with E-state index in [4.69, 9.17) is 16.3 Å². The van der Waals surface area contributed by atoms with Gasteiger partial charge in [0.25, 0.3) is 0 Å². The summed E-state index contributed by atoms with van der Waals surface area (Å²) in [6.07, 6.45) is 0.198. The molecule has 1 heterocycles. The third kappa shape index (κ3) is 4.05. The van der Waals surface area contributed by atoms with Crippen molar-refractivity contribution in [2.45, 2.75) is 12.5 Å². The van der Waals surface area contributed by atoms with Crippen molar-refractivity contribution in [1.29, 1.82) is 0 Å². The number of rotatable bonds is 4. The number of benzene rings is 2. The van der Waals surface area contributed by atoms with Crippen molar-refractivity contribution >= 4 is 34.9 Å². The highest BCUT2D eigenvalue weighted by atomic mass is 35.5. The molecule has 2 aromatic carbocycles. The number of halogens is 2. The lowest BCUT2D eigenvalue weighted by molar-refractivity contribution is -0.117. The summed E-state index contributed by atoms with van der Waals surface area (Å²) in [4.78, 5) is 25.9. The van der Waals surface area contributed by atoms with Crippen LogP contribution in [0.25, 0.3) is 0 Å². The quantitative estimate of drug-likeness (QED) is 0.857. The van der Waals surface area contributed by atoms with Crippen LogP contribution >= 0.6 is 11.6 Å². The summed E-state index contributed by atoms with van der Waals surface area (Å²) in [7, 11) is 1.57. The number of carbonyl (C=O) groups excluding carboxylic acids is 2. The largest absolute Gasteiger partial charge is 0.497 e. The van der Waals surface area contributed by atoms with E-state index in [1.165, 1.54) is 18.2 Å². The van der Waals surface area contributed by atoms with Crippen LogP contribution in [0, 0.1) is 5.82 Å². The smallest absolute Gasteiger partial charge is 0.319 e. The molecule has 0 radical (unpaired) electrons. The molecular weight excluding hydrogens is 361 g/mol. The molecule has 0 spiro atoms. The van der Waals surface area contributed by atoms with Gasteiger partial charge in [-0.3, -0.25) is 4.79 Å². The molecule has 8 heteroatoms. The first-order valence-corrected chi connectivity index (χ1v) is 8.31. The van der Waals surface area contributed by atoms with Gasteiger partial charge < -0.3 is 20.3 Å². The topological polar surface area (TPSA) is 70.7 Å². The van der Waals surface area contributed by atoms with E-state index >= 15 is 0 Å². The second-order valence-electron chi connectivity index (χ2n) is 5.83. The van der Waals surface area contributed by atoms with Crippen LogP contribution < -0.4 is 20.3 Å². The molecule has 3 amide bonds. The highest BCUT2D eigenvalue weighted by Gasteiger charge is 2.31. The van der Waals surface area contributed by atoms with Crippen molar-refractivity contribution in [2.75, 3.05) is 23.9 Å². The van der Waals surface area contributed by atoms with Gasteiger partial charge in [-0.25, -0.2) is 9.18 Å². The number of hydrogen-bond donors (Lipinski definition) is 2. The van der Waals surface area contributed by atoms with Crippen LogP contribution in [0.15, 0.2) is 42.5 Å². The average Bonchev–Trinajstić information content (AvgIpc) is 2.98. The molecule has 1 saturated heterocycles. The van der Waals surface area contributed by atoms with Crippen LogP contribution in [-0.4, -0.2) is 31.6 Å². The van der Waals surface area contributed by atoms with Crippen molar-refractivity contribution in [3.63, 3.8) is 0 Å². The van der Waals surface area contributed by atoms with E-state index < -0.39 is 11.8 Å². The zero-order chi connectivity index (χ0) is 18.7. The molecule has 1 aliphatic rings. The Morgan fingerprint density at radius 2 is 2.00 bits per heavy atom. The summed E-state index contributed by atoms with van der Waals surface area (Å²) >= 11 is 5.69. The second-order valence-corrected chi connectivity index (χ2v) is 6.24. The van der Waals surface area contributed by atoms with Gasteiger partial charge in [0.1, 0.15) is 11.6 Å². The molecule has 0 bridgehead atoms. The minimum absolute atomic E-state index is 0.0784. The SMILES string of the molecule is COc1ccc(N2C[C@@H](NC(=O)Nc3ccc(F)c(Cl)c3)CC2=O)cc1. The van der Waals surface area contributed by atoms with E-state index in [-0.39, 0.29) is 23.4 Å². The van der Waals surface area contributed by atoms with E-state index in [9.17, 15) is 14.0 Å². The van der Waals surface area contributed by atoms with E-state index in [1.807, 2.05) is 0 Å². The Morgan fingerprint density at radius 3 is 2.65 bits per heavy atom. The third-order valence-electron chi connectivity index (χ3n) is 4.02. The van der Waals surface area contributed by atoms with E-state index in [0.29, 0.717) is 18.0 Å². The van der Waals surface area contributed by atoms with Gasteiger partial charge in [0.15, 0.2) is 0 Å². The zero-order valence-electron chi connectivity index (χ0n) is 14.0. The molecule has 26 heavy (non-hydrogen) atoms. The Hall–Kier alpha value is -2.80. The Kier molecular flexibility index (Phi) is 5.27. The van der Waals surface area contributed by atoms with Crippen LogP contribution in [0.3, 0.4) is 0 Å². The summed E-state index contributed by atoms with van der Waals surface area (Å²) in [5, 5.41) is 5.23. The lowest BCUT2D eigenvalue weighted by Crippen LogP contribution is -2.39. The highest BCUT2D eigenvalue weighted by molar-refractivity contribution is 6.31. The van der Waals surface area contributed by atoms with Crippen LogP contribution in [-0.2, 0) is 4.79 Å². The molecule has 6 nitrogen and oxygen atoms in total. The van der Waals surface area contributed by atoms with Crippen LogP contribution in [0.4, 0.5) is 20.6 Å². The Labute approximate surface area is 154 Å². The summed E-state index contributed by atoms with van der Waals surface area (Å²) in [6.45, 7) is 0.364. The van der Waals surface area contributed by atoms with Gasteiger partial charge in [0.2, 0.25) is 5.91 Å². The molecule has 136 valence electrons. The monoisotopic (exact) mass is 377 g/mol. The predicted octanol–water partition coefficient (Wildman–Crippen LogP) is 3.41. The number of amides is 3. The number of urea groups is 1. The first-order chi connectivity index (χ1) is 12.5. The molecule has 2 N–H and O–H groups in total. The van der Waals surface area contributed by atoms with Gasteiger partial charge in [0, 0.05) is 24.3 Å². The number of ether oxygens (including phenoxy) is 1. The van der Waals surface area contributed by atoms with Gasteiger partial charge in [-0.05, 0) is 42.5 Å². The number of carbonyl (C=O) groups is 2. The summed E-state index contributed by atoms with van der Waals surface area (Å²) in [6, 6.07) is 10.2. The molecule has 0 saturated carbocycles. The van der Waals surface area contributed by atoms with E-state index in [0.717, 1.165) is 5.69 Å². The normalized spacial score (nSPS) is 16.5. The fourth-order valence-corrected chi connectivity index (χ4v) is 2.92. The molecule has 1 fully saturated rings. The van der Waals surface area contributed by atoms with Crippen LogP contribution in [0.1, 0.15) is 6.42 Å². The maximum Gasteiger partial charge on any atom is 0.319 e. The Balaban J connectivity index is 1.59. The van der Waals surface area contributed by atoms with Crippen molar-refractivity contribution in [1.82, 2.24) is 5.32 Å². The summed E-state index contributed by atoms with van der Waals surface area (Å²) < 4.78 is 18.3. The van der Waals surface area contributed by atoms with Crippen molar-refractivity contribution in [2.24, 2.45) is 0 Å². The maximum absolute atomic E-state index is 13.1. The lowest BCUT2D eigenvalue weighted by Gasteiger charge is -2.18. The number of nitrogens with zero attached hydrogens (tertiary/aromatic N) is 1. The standard InChI is InChI=1S/C18H17ClFN3O3/c1-26-14-5-3-13(4-6-14)23-10-12(9-17(23)24)22-18(25)21-11-2-7-16(20)15(19)8-11/h2-8,12H,9-10H2,1H3,(H2,21,22,25)/t12-/m0/s1. The lowest BCUT2D eigenvalue weighted by atomic mass is 10.2. The van der Waals surface area contributed by atoms with Gasteiger partial charge in [-0.15, -0.1) is 0 Å². The first kappa shape index (κ1) is 18.0. The number of methoxy groups -OCH3 is 1. The fourth-order valence-electron chi connectivity index (χ4n) is 2.74. The second kappa shape index (κ2) is 7.61. The molecule has 1 aliphatic heterocycles. The minimum atomic E-state index is -0.561. The van der Waals surface area contributed by atoms with Gasteiger partial charge in [-0.1, -0.05) is 11.6 Å². The Morgan fingerprint density at radius 1 is 1.27 bits per heavy atom. The number of hydrogen-bond acceptors (Lipinski definition) is 3. The molecule has 0 aliphatic carbocycles. The van der Waals surface area contributed by atoms with Gasteiger partial charge in [0.05, 0.1) is 18.2 Å². The molecule has 3 rings (SSSR count). The van der Waals surface area contributed by atoms with Gasteiger partial charge >= 0.3 is 6.03 Å². The van der Waals surface area contributed by atoms with E-state index in [1.54, 1.807) is 36.3 Å². The van der Waals surface area contributed by atoms with Crippen molar-refractivity contribution in [3.8, 4) is 5.75 Å². The number of anilines is 2. The third-order valence-corrected chi connectivity index (χ3v) is 4.31. The fraction of sp³-hybridized carbons (Fsp3) is 0.222. The van der Waals surface area contributed by atoms with Crippen LogP contribution in [0.2, 0.25) is 5.02 Å². The Bertz CT molecular complexity index is 829. The predicted molar refractivity (Wildman–Crippen MR) is 97.3 cm³/mol. The minimum Gasteiger partial charge on any atom is -0.497 e. The summed E-state index contributed by atoms with van der Waals surface area (Å²) in [5.41, 5.74) is 1.11. The highest BCUT2D eigenvalue weighted by Crippen LogP contribution is 2.24. The average molecular weight is 378 g/mol. The summed E-state index contributed by atoms with van der Waals surface area (Å²) in [5.74, 6) is 0.0619. The van der Waals surface area contributed by atoms with Crippen LogP contribution in [0.5, 0.6) is 5.75 Å². The van der Waals surface area contributed by atoms with Gasteiger partial charge in [-0.2, -0.15) is 0 Å². The molecule has 0 aromatic heterocycles.